The van der Waals surface area contributed by atoms with Crippen molar-refractivity contribution in [2.45, 2.75) is 156 Å². The number of hydrogen-bond acceptors (Lipinski definition) is 5. The Morgan fingerprint density at radius 3 is 1.75 bits per heavy atom. The molecule has 0 aliphatic carbocycles. The van der Waals surface area contributed by atoms with Gasteiger partial charge in [0.2, 0.25) is 0 Å². The summed E-state index contributed by atoms with van der Waals surface area (Å²) >= 11 is 0. The smallest absolute Gasteiger partial charge is 0.267 e. The molecule has 0 radical (unpaired) electrons. The fourth-order valence-corrected chi connectivity index (χ4v) is 11.0. The van der Waals surface area contributed by atoms with Crippen LogP contribution in [0.4, 0.5) is 0 Å². The van der Waals surface area contributed by atoms with E-state index in [1.165, 1.54) is 4.90 Å². The fraction of sp³-hybridized carbons (Fsp3) is 0.421. The number of imide groups is 2. The average molecular weight is 869 g/mol. The lowest BCUT2D eigenvalue weighted by molar-refractivity contribution is 0.0515. The summed E-state index contributed by atoms with van der Waals surface area (Å²) in [5.41, 5.74) is 4.90. The van der Waals surface area contributed by atoms with Gasteiger partial charge in [0.1, 0.15) is 5.82 Å². The van der Waals surface area contributed by atoms with Crippen molar-refractivity contribution in [2.24, 2.45) is 0 Å². The van der Waals surface area contributed by atoms with E-state index in [2.05, 4.69) is 38.8 Å². The van der Waals surface area contributed by atoms with E-state index in [-0.39, 0.29) is 29.7 Å². The number of aromatic nitrogens is 2. The molecule has 2 aliphatic heterocycles. The highest BCUT2D eigenvalue weighted by Gasteiger charge is 2.41. The molecule has 9 rings (SSSR count). The molecule has 1 aromatic heterocycles. The van der Waals surface area contributed by atoms with Crippen molar-refractivity contribution < 1.29 is 19.2 Å². The Balaban J connectivity index is 1.26. The first-order chi connectivity index (χ1) is 31.8. The third-order valence-corrected chi connectivity index (χ3v) is 14.3. The Hall–Kier alpha value is -5.89. The Labute approximate surface area is 383 Å². The summed E-state index contributed by atoms with van der Waals surface area (Å²) in [5.74, 6) is -0.456. The van der Waals surface area contributed by atoms with Gasteiger partial charge in [0.25, 0.3) is 23.6 Å². The van der Waals surface area contributed by atoms with Crippen molar-refractivity contribution in [1.29, 1.82) is 0 Å². The van der Waals surface area contributed by atoms with Gasteiger partial charge in [-0.05, 0) is 78.3 Å². The van der Waals surface area contributed by atoms with Crippen LogP contribution in [0.5, 0.6) is 0 Å². The normalized spacial score (nSPS) is 14.4. The molecule has 0 saturated carbocycles. The van der Waals surface area contributed by atoms with Crippen LogP contribution in [0.3, 0.4) is 0 Å². The second kappa shape index (κ2) is 19.3. The van der Waals surface area contributed by atoms with Gasteiger partial charge in [-0.3, -0.25) is 24.1 Å². The minimum atomic E-state index is -0.331. The first-order valence-electron chi connectivity index (χ1n) is 25.0. The number of hydrogen-bond donors (Lipinski definition) is 1. The molecular formula is C57H64N4O4. The van der Waals surface area contributed by atoms with Gasteiger partial charge in [-0.1, -0.05) is 166 Å². The number of aromatic amines is 1. The minimum Gasteiger partial charge on any atom is -0.337 e. The van der Waals surface area contributed by atoms with Gasteiger partial charge in [-0.2, -0.15) is 0 Å². The molecule has 0 spiro atoms. The van der Waals surface area contributed by atoms with Crippen LogP contribution in [0.1, 0.15) is 191 Å². The number of imidazole rings is 1. The molecule has 3 heterocycles. The van der Waals surface area contributed by atoms with Crippen LogP contribution in [-0.2, 0) is 0 Å². The topological polar surface area (TPSA) is 103 Å². The van der Waals surface area contributed by atoms with Crippen LogP contribution >= 0.6 is 0 Å². The maximum atomic E-state index is 15.4. The number of benzene rings is 6. The Morgan fingerprint density at radius 2 is 1.12 bits per heavy atom. The van der Waals surface area contributed by atoms with Gasteiger partial charge in [0, 0.05) is 55.5 Å². The summed E-state index contributed by atoms with van der Waals surface area (Å²) in [6.45, 7) is 8.77. The maximum Gasteiger partial charge on any atom is 0.267 e. The maximum absolute atomic E-state index is 15.4. The number of nitrogens with one attached hydrogen (secondary N) is 1. The largest absolute Gasteiger partial charge is 0.337 e. The van der Waals surface area contributed by atoms with Crippen molar-refractivity contribution in [2.75, 3.05) is 0 Å². The number of H-pyrrole nitrogens is 1. The second-order valence-electron chi connectivity index (χ2n) is 18.7. The highest BCUT2D eigenvalue weighted by molar-refractivity contribution is 6.45. The zero-order valence-corrected chi connectivity index (χ0v) is 38.9. The molecule has 0 bridgehead atoms. The van der Waals surface area contributed by atoms with Gasteiger partial charge in [-0.25, -0.2) is 9.88 Å². The summed E-state index contributed by atoms with van der Waals surface area (Å²) in [7, 11) is 0. The molecule has 7 aromatic rings. The molecule has 0 fully saturated rings. The Kier molecular flexibility index (Phi) is 13.2. The quantitative estimate of drug-likeness (QED) is 0.0316. The van der Waals surface area contributed by atoms with Crippen LogP contribution in [0, 0.1) is 0 Å². The van der Waals surface area contributed by atoms with Crippen LogP contribution in [0.25, 0.3) is 65.5 Å². The molecule has 0 atom stereocenters. The molecule has 8 heteroatoms. The summed E-state index contributed by atoms with van der Waals surface area (Å²) in [4.78, 5) is 72.1. The number of amides is 4. The number of rotatable bonds is 22. The van der Waals surface area contributed by atoms with Gasteiger partial charge in [-0.15, -0.1) is 0 Å². The van der Waals surface area contributed by atoms with Crippen molar-refractivity contribution in [3.63, 3.8) is 0 Å². The summed E-state index contributed by atoms with van der Waals surface area (Å²) in [6, 6.07) is 21.5. The molecule has 1 N–H and O–H groups in total. The standard InChI is InChI=1S/C57H64N4O4/c1-5-9-13-20-26-37(27-21-14-10-6-2)60-54(62)42-33-30-39-40-31-34-44-48-47(40)49(41-32-35-43(55(60)63)46(42)45(39)41)51-52(59-53(58-51)36-24-18-17-19-25-36)50(48)57(65)61(56(44)64)38(28-22-15-11-7-3)29-23-16-12-8-4/h17-19,24-25,28,30-35,37H,5-16,20-23,26-27,29H2,1-4H3,(H,58,59)/b38-28+. The monoisotopic (exact) mass is 868 g/mol. The molecule has 2 aliphatic rings. The van der Waals surface area contributed by atoms with E-state index in [1.807, 2.05) is 66.7 Å². The van der Waals surface area contributed by atoms with Crippen LogP contribution < -0.4 is 0 Å². The van der Waals surface area contributed by atoms with E-state index in [0.29, 0.717) is 56.3 Å². The molecule has 336 valence electrons. The van der Waals surface area contributed by atoms with E-state index in [4.69, 9.17) is 4.98 Å². The van der Waals surface area contributed by atoms with E-state index >= 15 is 9.59 Å². The predicted octanol–water partition coefficient (Wildman–Crippen LogP) is 15.2. The zero-order chi connectivity index (χ0) is 45.2. The van der Waals surface area contributed by atoms with Crippen molar-refractivity contribution >= 4 is 77.8 Å². The average Bonchev–Trinajstić information content (AvgIpc) is 3.77. The zero-order valence-electron chi connectivity index (χ0n) is 38.9. The third-order valence-electron chi connectivity index (χ3n) is 14.3. The first-order valence-corrected chi connectivity index (χ1v) is 25.0. The molecule has 0 unspecified atom stereocenters. The van der Waals surface area contributed by atoms with Gasteiger partial charge >= 0.3 is 0 Å². The lowest BCUT2D eigenvalue weighted by atomic mass is 9.81. The predicted molar refractivity (Wildman–Crippen MR) is 266 cm³/mol. The van der Waals surface area contributed by atoms with E-state index in [9.17, 15) is 9.59 Å². The van der Waals surface area contributed by atoms with E-state index in [1.54, 1.807) is 4.90 Å². The van der Waals surface area contributed by atoms with Gasteiger partial charge < -0.3 is 4.98 Å². The molecule has 65 heavy (non-hydrogen) atoms. The minimum absolute atomic E-state index is 0.159. The van der Waals surface area contributed by atoms with Gasteiger partial charge in [0.05, 0.1) is 16.6 Å². The van der Waals surface area contributed by atoms with Crippen LogP contribution in [0.2, 0.25) is 0 Å². The Morgan fingerprint density at radius 1 is 0.554 bits per heavy atom. The number of unbranched alkanes of at least 4 members (excludes halogenated alkanes) is 12. The lowest BCUT2D eigenvalue weighted by Gasteiger charge is -2.35. The number of fused-ring (bicyclic) bond motifs is 5. The highest BCUT2D eigenvalue weighted by Crippen LogP contribution is 2.50. The third kappa shape index (κ3) is 7.80. The van der Waals surface area contributed by atoms with Crippen LogP contribution in [-0.4, -0.2) is 49.4 Å². The van der Waals surface area contributed by atoms with Crippen molar-refractivity contribution in [3.8, 4) is 11.4 Å². The lowest BCUT2D eigenvalue weighted by Crippen LogP contribution is -2.47. The van der Waals surface area contributed by atoms with Crippen molar-refractivity contribution in [1.82, 2.24) is 19.8 Å². The van der Waals surface area contributed by atoms with E-state index in [0.717, 1.165) is 159 Å². The molecule has 6 aromatic carbocycles. The Bertz CT molecular complexity index is 2930. The van der Waals surface area contributed by atoms with Crippen molar-refractivity contribution in [3.05, 3.63) is 101 Å². The number of nitrogens with zero attached hydrogens (tertiary/aromatic N) is 3. The number of carbonyl (C=O) groups is 4. The summed E-state index contributed by atoms with van der Waals surface area (Å²) < 4.78 is 0. The van der Waals surface area contributed by atoms with Gasteiger partial charge in [0.15, 0.2) is 0 Å². The molecular weight excluding hydrogens is 805 g/mol. The number of carbonyl (C=O) groups excluding carboxylic acids is 4. The summed E-state index contributed by atoms with van der Waals surface area (Å²) in [6.07, 6.45) is 21.2. The van der Waals surface area contributed by atoms with Crippen LogP contribution in [0.15, 0.2) is 78.5 Å². The summed E-state index contributed by atoms with van der Waals surface area (Å²) in [5, 5.41) is 6.33. The second-order valence-corrected chi connectivity index (χ2v) is 18.7. The SMILES string of the molecule is CCCCC/C=C(\CCCCCC)N1C(=O)c2ccc3c4ccc5c6c(ccc(c64)c4c6nc(-c7ccccc7)[nH]c6c(c2c34)C1=O)C(=O)N(C(CCCCCC)CCCCCC)C5=O. The first kappa shape index (κ1) is 44.3. The van der Waals surface area contributed by atoms with E-state index < -0.39 is 0 Å². The molecule has 4 amide bonds. The fourth-order valence-electron chi connectivity index (χ4n) is 11.0. The molecule has 0 saturated heterocycles. The molecule has 8 nitrogen and oxygen atoms in total. The number of allylic oxidation sites excluding steroid dienone is 2. The highest BCUT2D eigenvalue weighted by atomic mass is 16.2.